The van der Waals surface area contributed by atoms with Crippen molar-refractivity contribution in [3.8, 4) is 0 Å². The number of hydrogen-bond acceptors (Lipinski definition) is 3. The van der Waals surface area contributed by atoms with Crippen molar-refractivity contribution >= 4 is 15.9 Å². The average Bonchev–Trinajstić information content (AvgIpc) is 2.81. The lowest BCUT2D eigenvalue weighted by Crippen LogP contribution is -2.55. The molecule has 0 amide bonds. The Hall–Kier alpha value is -0.160. The molecule has 0 aromatic heterocycles. The summed E-state index contributed by atoms with van der Waals surface area (Å²) in [5.41, 5.74) is -0.958. The number of hydrogen-bond donors (Lipinski definition) is 1. The lowest BCUT2D eigenvalue weighted by Gasteiger charge is -2.50. The van der Waals surface area contributed by atoms with E-state index in [1.807, 2.05) is 24.3 Å². The van der Waals surface area contributed by atoms with Crippen molar-refractivity contribution in [1.82, 2.24) is 0 Å². The van der Waals surface area contributed by atoms with E-state index in [0.717, 1.165) is 11.8 Å². The largest absolute Gasteiger partial charge is 0.386 e. The molecule has 1 heterocycles. The highest BCUT2D eigenvalue weighted by Crippen LogP contribution is 2.52. The maximum Gasteiger partial charge on any atom is 0.173 e. The molecule has 0 bridgehead atoms. The normalized spacial score (nSPS) is 33.7. The summed E-state index contributed by atoms with van der Waals surface area (Å²) in [6.45, 7) is 5.55. The zero-order chi connectivity index (χ0) is 14.0. The maximum atomic E-state index is 10.7. The monoisotopic (exact) mass is 330 g/mol. The Kier molecular flexibility index (Phi) is 4.56. The van der Waals surface area contributed by atoms with Crippen LogP contribution in [0.3, 0.4) is 0 Å². The molecule has 4 heteroatoms. The summed E-state index contributed by atoms with van der Waals surface area (Å²) in [6.07, 6.45) is 9.84. The van der Waals surface area contributed by atoms with Gasteiger partial charge in [-0.15, -0.1) is 0 Å². The average molecular weight is 331 g/mol. The summed E-state index contributed by atoms with van der Waals surface area (Å²) in [6, 6.07) is 0. The fourth-order valence-corrected chi connectivity index (χ4v) is 3.42. The zero-order valence-corrected chi connectivity index (χ0v) is 13.3. The van der Waals surface area contributed by atoms with Crippen LogP contribution < -0.4 is 0 Å². The van der Waals surface area contributed by atoms with Crippen molar-refractivity contribution in [2.75, 3.05) is 18.5 Å². The van der Waals surface area contributed by atoms with Crippen molar-refractivity contribution in [3.05, 3.63) is 24.3 Å². The molecule has 1 N–H and O–H groups in total. The van der Waals surface area contributed by atoms with Gasteiger partial charge in [-0.05, 0) is 12.8 Å². The molecule has 2 fully saturated rings. The second-order valence-corrected chi connectivity index (χ2v) is 6.70. The van der Waals surface area contributed by atoms with E-state index in [0.29, 0.717) is 26.1 Å². The summed E-state index contributed by atoms with van der Waals surface area (Å²) >= 11 is 3.33. The third kappa shape index (κ3) is 3.13. The molecule has 1 saturated heterocycles. The summed E-state index contributed by atoms with van der Waals surface area (Å²) in [4.78, 5) is 0. The highest BCUT2D eigenvalue weighted by molar-refractivity contribution is 9.09. The van der Waals surface area contributed by atoms with Crippen molar-refractivity contribution in [1.29, 1.82) is 0 Å². The molecule has 0 aromatic carbocycles. The van der Waals surface area contributed by atoms with Crippen molar-refractivity contribution in [3.63, 3.8) is 0 Å². The van der Waals surface area contributed by atoms with E-state index in [2.05, 4.69) is 29.8 Å². The minimum Gasteiger partial charge on any atom is -0.386 e. The van der Waals surface area contributed by atoms with Gasteiger partial charge in [0.1, 0.15) is 0 Å². The Balaban J connectivity index is 2.08. The van der Waals surface area contributed by atoms with Crippen LogP contribution in [0.2, 0.25) is 0 Å². The van der Waals surface area contributed by atoms with Crippen molar-refractivity contribution in [2.24, 2.45) is 5.41 Å². The van der Waals surface area contributed by atoms with E-state index in [4.69, 9.17) is 9.47 Å². The first kappa shape index (κ1) is 15.2. The number of ether oxygens (including phenoxy) is 2. The first-order chi connectivity index (χ1) is 8.93. The molecule has 1 unspecified atom stereocenters. The molecule has 2 aliphatic rings. The van der Waals surface area contributed by atoms with Gasteiger partial charge < -0.3 is 14.6 Å². The third-order valence-electron chi connectivity index (χ3n) is 4.16. The van der Waals surface area contributed by atoms with Crippen LogP contribution in [-0.4, -0.2) is 35.0 Å². The van der Waals surface area contributed by atoms with Crippen LogP contribution in [0.15, 0.2) is 24.3 Å². The molecule has 1 atom stereocenters. The van der Waals surface area contributed by atoms with Gasteiger partial charge in [0.05, 0.1) is 18.8 Å². The fraction of sp³-hybridized carbons (Fsp3) is 0.733. The molecule has 1 aliphatic carbocycles. The summed E-state index contributed by atoms with van der Waals surface area (Å²) in [7, 11) is 0. The van der Waals surface area contributed by atoms with Gasteiger partial charge in [0.25, 0.3) is 0 Å². The fourth-order valence-electron chi connectivity index (χ4n) is 3.20. The van der Waals surface area contributed by atoms with Crippen molar-refractivity contribution in [2.45, 2.75) is 44.5 Å². The van der Waals surface area contributed by atoms with E-state index in [1.54, 1.807) is 0 Å². The van der Waals surface area contributed by atoms with Gasteiger partial charge in [0, 0.05) is 17.2 Å². The van der Waals surface area contributed by atoms with Crippen LogP contribution in [-0.2, 0) is 9.47 Å². The number of aliphatic hydroxyl groups is 1. The first-order valence-electron chi connectivity index (χ1n) is 6.84. The summed E-state index contributed by atoms with van der Waals surface area (Å²) < 4.78 is 11.7. The van der Waals surface area contributed by atoms with Crippen LogP contribution in [0.4, 0.5) is 0 Å². The maximum absolute atomic E-state index is 10.7. The van der Waals surface area contributed by atoms with Crippen LogP contribution in [0.25, 0.3) is 0 Å². The molecule has 3 nitrogen and oxygen atoms in total. The molecular formula is C15H23BrO3. The van der Waals surface area contributed by atoms with Gasteiger partial charge in [-0.25, -0.2) is 0 Å². The lowest BCUT2D eigenvalue weighted by atomic mass is 9.65. The summed E-state index contributed by atoms with van der Waals surface area (Å²) in [5, 5.41) is 11.5. The van der Waals surface area contributed by atoms with E-state index in [9.17, 15) is 5.11 Å². The number of alkyl halides is 1. The van der Waals surface area contributed by atoms with Gasteiger partial charge in [-0.2, -0.15) is 0 Å². The number of halogens is 1. The lowest BCUT2D eigenvalue weighted by molar-refractivity contribution is -0.265. The van der Waals surface area contributed by atoms with Gasteiger partial charge in [0.2, 0.25) is 0 Å². The minimum atomic E-state index is -0.763. The topological polar surface area (TPSA) is 38.7 Å². The molecule has 0 aromatic rings. The Labute approximate surface area is 123 Å². The van der Waals surface area contributed by atoms with Crippen LogP contribution in [0.1, 0.15) is 33.1 Å². The van der Waals surface area contributed by atoms with Crippen LogP contribution in [0, 0.1) is 5.41 Å². The Morgan fingerprint density at radius 1 is 1.16 bits per heavy atom. The molecule has 108 valence electrons. The quantitative estimate of drug-likeness (QED) is 0.638. The van der Waals surface area contributed by atoms with Gasteiger partial charge in [-0.3, -0.25) is 0 Å². The van der Waals surface area contributed by atoms with Crippen molar-refractivity contribution < 1.29 is 14.6 Å². The van der Waals surface area contributed by atoms with E-state index >= 15 is 0 Å². The van der Waals surface area contributed by atoms with Gasteiger partial charge in [-0.1, -0.05) is 54.1 Å². The Morgan fingerprint density at radius 2 is 1.84 bits per heavy atom. The van der Waals surface area contributed by atoms with Crippen LogP contribution in [0.5, 0.6) is 0 Å². The minimum absolute atomic E-state index is 0.194. The van der Waals surface area contributed by atoms with E-state index in [1.165, 1.54) is 0 Å². The molecule has 2 rings (SSSR count). The van der Waals surface area contributed by atoms with Gasteiger partial charge in [0.15, 0.2) is 5.79 Å². The molecule has 1 spiro atoms. The standard InChI is InChI=1S/C15H23BrO3/c1-13(2)12-14(17,6-4-3-5-9-16)7-8-15(13)18-10-11-19-15/h3-6,17H,7-12H2,1-2H3/b5-3+,6-4+. The SMILES string of the molecule is CC1(C)CC(O)(/C=C/C=C/CBr)CCC12OCCO2. The summed E-state index contributed by atoms with van der Waals surface area (Å²) in [5.74, 6) is -0.501. The van der Waals surface area contributed by atoms with Crippen LogP contribution >= 0.6 is 15.9 Å². The first-order valence-corrected chi connectivity index (χ1v) is 7.96. The second kappa shape index (κ2) is 5.68. The molecule has 0 radical (unpaired) electrons. The molecular weight excluding hydrogens is 308 g/mol. The Morgan fingerprint density at radius 3 is 2.42 bits per heavy atom. The highest BCUT2D eigenvalue weighted by atomic mass is 79.9. The highest BCUT2D eigenvalue weighted by Gasteiger charge is 2.56. The predicted octanol–water partition coefficient (Wildman–Crippen LogP) is 3.18. The number of allylic oxidation sites excluding steroid dienone is 3. The van der Waals surface area contributed by atoms with E-state index in [-0.39, 0.29) is 5.41 Å². The predicted molar refractivity (Wildman–Crippen MR) is 79.3 cm³/mol. The third-order valence-corrected chi connectivity index (χ3v) is 4.54. The molecule has 19 heavy (non-hydrogen) atoms. The Bertz CT molecular complexity index is 370. The second-order valence-electron chi connectivity index (χ2n) is 6.06. The smallest absolute Gasteiger partial charge is 0.173 e. The van der Waals surface area contributed by atoms with Gasteiger partial charge >= 0.3 is 0 Å². The van der Waals surface area contributed by atoms with E-state index < -0.39 is 11.4 Å². The number of rotatable bonds is 3. The zero-order valence-electron chi connectivity index (χ0n) is 11.7. The molecule has 1 aliphatic heterocycles. The molecule has 1 saturated carbocycles.